The van der Waals surface area contributed by atoms with Gasteiger partial charge in [0.15, 0.2) is 6.04 Å². The van der Waals surface area contributed by atoms with Crippen LogP contribution in [0.15, 0.2) is 60.7 Å². The van der Waals surface area contributed by atoms with E-state index in [1.165, 1.54) is 13.0 Å². The second kappa shape index (κ2) is 9.46. The third kappa shape index (κ3) is 5.30. The largest absolute Gasteiger partial charge is 0.480 e. The Labute approximate surface area is 182 Å². The number of carbonyl (C=O) groups is 3. The Balaban J connectivity index is 1.93. The van der Waals surface area contributed by atoms with Crippen molar-refractivity contribution in [2.24, 2.45) is 0 Å². The number of aliphatic carboxylic acids is 1. The number of hydrogen-bond acceptors (Lipinski definition) is 4. The Morgan fingerprint density at radius 3 is 2.10 bits per heavy atom. The number of carboxylic acids is 1. The number of urea groups is 1. The van der Waals surface area contributed by atoms with Crippen LogP contribution < -0.4 is 16.0 Å². The van der Waals surface area contributed by atoms with Crippen molar-refractivity contribution in [3.05, 3.63) is 71.2 Å². The van der Waals surface area contributed by atoms with Crippen molar-refractivity contribution in [2.45, 2.75) is 19.1 Å². The number of nitrogens with one attached hydrogen (secondary N) is 3. The van der Waals surface area contributed by atoms with Crippen molar-refractivity contribution in [2.75, 3.05) is 10.6 Å². The zero-order valence-corrected chi connectivity index (χ0v) is 17.2. The minimum Gasteiger partial charge on any atom is -0.480 e. The van der Waals surface area contributed by atoms with Crippen molar-refractivity contribution in [1.29, 1.82) is 0 Å². The van der Waals surface area contributed by atoms with E-state index in [1.807, 2.05) is 12.1 Å². The summed E-state index contributed by atoms with van der Waals surface area (Å²) in [6.45, 7) is 1.26. The number of hydrogen-bond donors (Lipinski definition) is 5. The molecule has 0 aliphatic heterocycles. The van der Waals surface area contributed by atoms with Crippen LogP contribution in [0.2, 0.25) is 5.02 Å². The Hall–Kier alpha value is -3.62. The number of benzene rings is 3. The summed E-state index contributed by atoms with van der Waals surface area (Å²) in [4.78, 5) is 36.7. The van der Waals surface area contributed by atoms with E-state index in [-0.39, 0.29) is 11.3 Å². The van der Waals surface area contributed by atoms with Crippen LogP contribution in [0.4, 0.5) is 16.2 Å². The van der Waals surface area contributed by atoms with E-state index >= 15 is 0 Å². The number of aliphatic hydroxyl groups excluding tert-OH is 1. The van der Waals surface area contributed by atoms with Crippen LogP contribution in [0.25, 0.3) is 10.8 Å². The summed E-state index contributed by atoms with van der Waals surface area (Å²) >= 11 is 6.06. The molecule has 31 heavy (non-hydrogen) atoms. The monoisotopic (exact) mass is 441 g/mol. The normalized spacial score (nSPS) is 12.6. The van der Waals surface area contributed by atoms with Crippen LogP contribution in [-0.4, -0.2) is 40.3 Å². The number of anilines is 2. The highest BCUT2D eigenvalue weighted by molar-refractivity contribution is 6.33. The molecule has 0 unspecified atom stereocenters. The molecule has 3 aromatic carbocycles. The quantitative estimate of drug-likeness (QED) is 0.398. The molecule has 5 N–H and O–H groups in total. The summed E-state index contributed by atoms with van der Waals surface area (Å²) in [6.07, 6.45) is -1.32. The highest BCUT2D eigenvalue weighted by Gasteiger charge is 2.27. The van der Waals surface area contributed by atoms with Crippen LogP contribution in [0.1, 0.15) is 17.3 Å². The number of fused-ring (bicyclic) bond motifs is 1. The van der Waals surface area contributed by atoms with Gasteiger partial charge in [-0.15, -0.1) is 0 Å². The van der Waals surface area contributed by atoms with Crippen LogP contribution in [0, 0.1) is 0 Å². The first-order chi connectivity index (χ1) is 14.8. The molecule has 0 aromatic heterocycles. The Morgan fingerprint density at radius 2 is 1.48 bits per heavy atom. The Kier molecular flexibility index (Phi) is 6.74. The molecule has 0 heterocycles. The molecular weight excluding hydrogens is 422 g/mol. The van der Waals surface area contributed by atoms with Crippen LogP contribution in [0.3, 0.4) is 0 Å². The van der Waals surface area contributed by atoms with Gasteiger partial charge in [0.05, 0.1) is 28.1 Å². The zero-order chi connectivity index (χ0) is 22.5. The minimum absolute atomic E-state index is 0.0416. The fourth-order valence-corrected chi connectivity index (χ4v) is 3.16. The van der Waals surface area contributed by atoms with E-state index in [9.17, 15) is 24.6 Å². The fraction of sp³-hybridized carbons (Fsp3) is 0.136. The lowest BCUT2D eigenvalue weighted by molar-refractivity contribution is -0.141. The van der Waals surface area contributed by atoms with Gasteiger partial charge in [-0.1, -0.05) is 48.0 Å². The third-order valence-corrected chi connectivity index (χ3v) is 4.87. The van der Waals surface area contributed by atoms with Crippen molar-refractivity contribution < 1.29 is 24.6 Å². The topological polar surface area (TPSA) is 128 Å². The first-order valence-electron chi connectivity index (χ1n) is 9.33. The highest BCUT2D eigenvalue weighted by Crippen LogP contribution is 2.26. The van der Waals surface area contributed by atoms with Gasteiger partial charge < -0.3 is 26.2 Å². The molecular formula is C22H20ClN3O5. The maximum absolute atomic E-state index is 12.8. The molecule has 3 aromatic rings. The van der Waals surface area contributed by atoms with E-state index < -0.39 is 30.1 Å². The second-order valence-corrected chi connectivity index (χ2v) is 7.24. The molecule has 0 aliphatic carbocycles. The number of para-hydroxylation sites is 1. The second-order valence-electron chi connectivity index (χ2n) is 6.83. The summed E-state index contributed by atoms with van der Waals surface area (Å²) in [7, 11) is 0. The van der Waals surface area contributed by atoms with Crippen molar-refractivity contribution in [3.8, 4) is 0 Å². The highest BCUT2D eigenvalue weighted by atomic mass is 35.5. The maximum Gasteiger partial charge on any atom is 0.328 e. The molecule has 3 rings (SSSR count). The summed E-state index contributed by atoms with van der Waals surface area (Å²) < 4.78 is 0. The minimum atomic E-state index is -1.51. The van der Waals surface area contributed by atoms with Gasteiger partial charge in [-0.3, -0.25) is 4.79 Å². The van der Waals surface area contributed by atoms with Gasteiger partial charge in [0.2, 0.25) is 0 Å². The molecule has 2 atom stereocenters. The maximum atomic E-state index is 12.8. The Morgan fingerprint density at radius 1 is 0.903 bits per heavy atom. The predicted molar refractivity (Wildman–Crippen MR) is 119 cm³/mol. The summed E-state index contributed by atoms with van der Waals surface area (Å²) in [5.74, 6) is -2.14. The van der Waals surface area contributed by atoms with Gasteiger partial charge in [0.25, 0.3) is 5.91 Å². The Bertz CT molecular complexity index is 1150. The van der Waals surface area contributed by atoms with Crippen LogP contribution >= 0.6 is 11.6 Å². The molecule has 0 fully saturated rings. The van der Waals surface area contributed by atoms with Gasteiger partial charge in [-0.2, -0.15) is 0 Å². The van der Waals surface area contributed by atoms with Crippen molar-refractivity contribution >= 4 is 51.7 Å². The lowest BCUT2D eigenvalue weighted by Gasteiger charge is -2.19. The summed E-state index contributed by atoms with van der Waals surface area (Å²) in [5, 5.41) is 28.2. The summed E-state index contributed by atoms with van der Waals surface area (Å²) in [5.41, 5.74) is 0.587. The molecule has 0 aliphatic rings. The number of rotatable bonds is 6. The zero-order valence-electron chi connectivity index (χ0n) is 16.4. The number of halogens is 1. The van der Waals surface area contributed by atoms with Crippen LogP contribution in [0.5, 0.6) is 0 Å². The SMILES string of the molecule is C[C@@H](O)[C@H](NC(=O)c1cc2ccccc2cc1NC(=O)Nc1ccccc1Cl)C(=O)O. The number of carbonyl (C=O) groups excluding carboxylic acids is 2. The van der Waals surface area contributed by atoms with Gasteiger partial charge >= 0.3 is 12.0 Å². The lowest BCUT2D eigenvalue weighted by Crippen LogP contribution is -2.47. The van der Waals surface area contributed by atoms with Gasteiger partial charge in [0, 0.05) is 0 Å². The average molecular weight is 442 g/mol. The van der Waals surface area contributed by atoms with Crippen molar-refractivity contribution in [3.63, 3.8) is 0 Å². The molecule has 9 heteroatoms. The van der Waals surface area contributed by atoms with Gasteiger partial charge in [0.1, 0.15) is 0 Å². The predicted octanol–water partition coefficient (Wildman–Crippen LogP) is 3.70. The first kappa shape index (κ1) is 22.1. The first-order valence-corrected chi connectivity index (χ1v) is 9.71. The molecule has 160 valence electrons. The van der Waals surface area contributed by atoms with E-state index in [0.29, 0.717) is 16.1 Å². The number of carboxylic acid groups (broad SMARTS) is 1. The van der Waals surface area contributed by atoms with Crippen molar-refractivity contribution in [1.82, 2.24) is 5.32 Å². The average Bonchev–Trinajstić information content (AvgIpc) is 2.72. The standard InChI is InChI=1S/C22H20ClN3O5/c1-12(27)19(21(29)30)26-20(28)15-10-13-6-2-3-7-14(13)11-18(15)25-22(31)24-17-9-5-4-8-16(17)23/h2-12,19,27H,1H3,(H,26,28)(H,29,30)(H2,24,25,31)/t12-,19+/m1/s1. The molecule has 0 spiro atoms. The molecule has 8 nitrogen and oxygen atoms in total. The smallest absolute Gasteiger partial charge is 0.328 e. The number of amides is 3. The molecule has 0 radical (unpaired) electrons. The van der Waals surface area contributed by atoms with E-state index in [0.717, 1.165) is 5.39 Å². The molecule has 0 bridgehead atoms. The van der Waals surface area contributed by atoms with Gasteiger partial charge in [-0.25, -0.2) is 9.59 Å². The van der Waals surface area contributed by atoms with Crippen LogP contribution in [-0.2, 0) is 4.79 Å². The molecule has 0 saturated carbocycles. The number of aliphatic hydroxyl groups is 1. The van der Waals surface area contributed by atoms with E-state index in [1.54, 1.807) is 42.5 Å². The fourth-order valence-electron chi connectivity index (χ4n) is 2.98. The summed E-state index contributed by atoms with van der Waals surface area (Å²) in [6, 6.07) is 14.9. The van der Waals surface area contributed by atoms with E-state index in [4.69, 9.17) is 11.6 Å². The molecule has 3 amide bonds. The molecule has 0 saturated heterocycles. The lowest BCUT2D eigenvalue weighted by atomic mass is 10.0. The third-order valence-electron chi connectivity index (χ3n) is 4.54. The van der Waals surface area contributed by atoms with E-state index in [2.05, 4.69) is 16.0 Å². The van der Waals surface area contributed by atoms with Gasteiger partial charge in [-0.05, 0) is 42.0 Å².